The number of alkyl carbamates (subject to hydrolysis) is 1. The first kappa shape index (κ1) is 19.8. The van der Waals surface area contributed by atoms with Gasteiger partial charge in [-0.25, -0.2) is 4.79 Å². The number of carboxylic acids is 1. The number of carbonyl (C=O) groups excluding carboxylic acids is 1. The minimum absolute atomic E-state index is 0.346. The number of amides is 1. The van der Waals surface area contributed by atoms with Crippen molar-refractivity contribution < 1.29 is 19.4 Å². The summed E-state index contributed by atoms with van der Waals surface area (Å²) < 4.78 is 5.30. The van der Waals surface area contributed by atoms with Crippen LogP contribution in [0.15, 0.2) is 0 Å². The van der Waals surface area contributed by atoms with Crippen LogP contribution in [0.2, 0.25) is 0 Å². The largest absolute Gasteiger partial charge is 0.481 e. The lowest BCUT2D eigenvalue weighted by atomic mass is 9.88. The number of rotatable bonds is 2. The summed E-state index contributed by atoms with van der Waals surface area (Å²) >= 11 is 0. The molecule has 0 aromatic heterocycles. The van der Waals surface area contributed by atoms with Crippen molar-refractivity contribution in [3.63, 3.8) is 0 Å². The maximum Gasteiger partial charge on any atom is 0.407 e. The van der Waals surface area contributed by atoms with Crippen LogP contribution in [-0.2, 0) is 9.53 Å². The second-order valence-corrected chi connectivity index (χ2v) is 7.60. The van der Waals surface area contributed by atoms with Crippen molar-refractivity contribution in [1.29, 1.82) is 0 Å². The van der Waals surface area contributed by atoms with Crippen LogP contribution < -0.4 is 5.32 Å². The van der Waals surface area contributed by atoms with E-state index >= 15 is 0 Å². The van der Waals surface area contributed by atoms with E-state index in [2.05, 4.69) is 5.32 Å². The second-order valence-electron chi connectivity index (χ2n) is 7.60. The number of carbonyl (C=O) groups is 2. The van der Waals surface area contributed by atoms with Crippen molar-refractivity contribution >= 4 is 12.1 Å². The Bertz CT molecular complexity index is 376. The first-order valence-electron chi connectivity index (χ1n) is 9.02. The van der Waals surface area contributed by atoms with Crippen LogP contribution >= 0.6 is 0 Å². The van der Waals surface area contributed by atoms with E-state index < -0.39 is 23.6 Å². The van der Waals surface area contributed by atoms with Crippen molar-refractivity contribution in [2.45, 2.75) is 96.6 Å². The van der Waals surface area contributed by atoms with E-state index in [-0.39, 0.29) is 6.04 Å². The molecule has 0 saturated heterocycles. The molecule has 0 bridgehead atoms. The van der Waals surface area contributed by atoms with Gasteiger partial charge in [-0.2, -0.15) is 0 Å². The number of hydrogen-bond donors (Lipinski definition) is 2. The van der Waals surface area contributed by atoms with E-state index in [1.54, 1.807) is 0 Å². The van der Waals surface area contributed by atoms with E-state index in [1.165, 1.54) is 25.7 Å². The molecule has 2 N–H and O–H groups in total. The van der Waals surface area contributed by atoms with Crippen molar-refractivity contribution in [1.82, 2.24) is 5.32 Å². The van der Waals surface area contributed by atoms with Gasteiger partial charge < -0.3 is 15.2 Å². The fourth-order valence-electron chi connectivity index (χ4n) is 3.12. The topological polar surface area (TPSA) is 75.6 Å². The van der Waals surface area contributed by atoms with Gasteiger partial charge in [0.05, 0.1) is 5.92 Å². The minimum atomic E-state index is -0.817. The highest BCUT2D eigenvalue weighted by atomic mass is 16.6. The van der Waals surface area contributed by atoms with Crippen LogP contribution in [0, 0.1) is 5.92 Å². The predicted octanol–water partition coefficient (Wildman–Crippen LogP) is 4.50. The Morgan fingerprint density at radius 2 is 1.39 bits per heavy atom. The first-order valence-corrected chi connectivity index (χ1v) is 9.02. The average molecular weight is 327 g/mol. The van der Waals surface area contributed by atoms with E-state index in [0.717, 1.165) is 25.7 Å². The molecule has 1 saturated carbocycles. The Kier molecular flexibility index (Phi) is 8.42. The second kappa shape index (κ2) is 9.78. The highest BCUT2D eigenvalue weighted by Crippen LogP contribution is 2.22. The van der Waals surface area contributed by atoms with Crippen LogP contribution in [-0.4, -0.2) is 28.8 Å². The molecule has 5 nitrogen and oxygen atoms in total. The lowest BCUT2D eigenvalue weighted by molar-refractivity contribution is -0.143. The van der Waals surface area contributed by atoms with Gasteiger partial charge in [-0.15, -0.1) is 0 Å². The molecule has 1 amide bonds. The van der Waals surface area contributed by atoms with Crippen molar-refractivity contribution in [2.75, 3.05) is 0 Å². The standard InChI is InChI=1S/C18H33NO4/c1-18(2,3)23-17(22)19-15-13-11-9-7-5-4-6-8-10-12-14(15)16(20)21/h14-15H,4-13H2,1-3H3,(H,19,22)(H,20,21)/t14-,15+/m1/s1. The van der Waals surface area contributed by atoms with Gasteiger partial charge in [0.2, 0.25) is 0 Å². The lowest BCUT2D eigenvalue weighted by Gasteiger charge is -2.27. The number of carboxylic acid groups (broad SMARTS) is 1. The molecule has 1 fully saturated rings. The quantitative estimate of drug-likeness (QED) is 0.783. The van der Waals surface area contributed by atoms with Gasteiger partial charge in [0, 0.05) is 6.04 Å². The first-order chi connectivity index (χ1) is 10.8. The maximum absolute atomic E-state index is 12.0. The van der Waals surface area contributed by atoms with Gasteiger partial charge in [-0.1, -0.05) is 51.4 Å². The van der Waals surface area contributed by atoms with Gasteiger partial charge in [0.1, 0.15) is 5.60 Å². The zero-order valence-electron chi connectivity index (χ0n) is 14.9. The van der Waals surface area contributed by atoms with Gasteiger partial charge in [-0.3, -0.25) is 4.79 Å². The third-order valence-corrected chi connectivity index (χ3v) is 4.29. The molecular weight excluding hydrogens is 294 g/mol. The van der Waals surface area contributed by atoms with Gasteiger partial charge >= 0.3 is 12.1 Å². The van der Waals surface area contributed by atoms with Crippen molar-refractivity contribution in [3.8, 4) is 0 Å². The summed E-state index contributed by atoms with van der Waals surface area (Å²) in [5.41, 5.74) is -0.575. The fraction of sp³-hybridized carbons (Fsp3) is 0.889. The zero-order valence-corrected chi connectivity index (χ0v) is 14.9. The summed E-state index contributed by atoms with van der Waals surface area (Å²) in [6.45, 7) is 5.42. The van der Waals surface area contributed by atoms with E-state index in [0.29, 0.717) is 12.8 Å². The van der Waals surface area contributed by atoms with Gasteiger partial charge in [0.25, 0.3) is 0 Å². The molecule has 2 atom stereocenters. The molecule has 0 aromatic carbocycles. The van der Waals surface area contributed by atoms with Gasteiger partial charge in [-0.05, 0) is 33.6 Å². The molecule has 1 aliphatic rings. The highest BCUT2D eigenvalue weighted by molar-refractivity contribution is 5.73. The van der Waals surface area contributed by atoms with Gasteiger partial charge in [0.15, 0.2) is 0 Å². The molecule has 5 heteroatoms. The third kappa shape index (κ3) is 8.82. The zero-order chi connectivity index (χ0) is 17.3. The Morgan fingerprint density at radius 1 is 0.913 bits per heavy atom. The number of hydrogen-bond acceptors (Lipinski definition) is 3. The molecule has 1 aliphatic carbocycles. The summed E-state index contributed by atoms with van der Waals surface area (Å²) in [5.74, 6) is -1.34. The molecule has 0 aliphatic heterocycles. The van der Waals surface area contributed by atoms with Crippen molar-refractivity contribution in [2.24, 2.45) is 5.92 Å². The SMILES string of the molecule is CC(C)(C)OC(=O)N[C@H]1CCCCCCCCCC[C@H]1C(=O)O. The Labute approximate surface area is 140 Å². The van der Waals surface area contributed by atoms with Crippen LogP contribution in [0.3, 0.4) is 0 Å². The Balaban J connectivity index is 2.71. The monoisotopic (exact) mass is 327 g/mol. The van der Waals surface area contributed by atoms with E-state index in [9.17, 15) is 14.7 Å². The third-order valence-electron chi connectivity index (χ3n) is 4.29. The molecule has 134 valence electrons. The molecule has 0 heterocycles. The highest BCUT2D eigenvalue weighted by Gasteiger charge is 2.30. The number of nitrogens with one attached hydrogen (secondary N) is 1. The molecular formula is C18H33NO4. The van der Waals surface area contributed by atoms with Crippen LogP contribution in [0.1, 0.15) is 85.0 Å². The molecule has 0 unspecified atom stereocenters. The van der Waals surface area contributed by atoms with Crippen LogP contribution in [0.5, 0.6) is 0 Å². The number of aliphatic carboxylic acids is 1. The smallest absolute Gasteiger partial charge is 0.407 e. The fourth-order valence-corrected chi connectivity index (χ4v) is 3.12. The number of ether oxygens (including phenoxy) is 1. The molecule has 1 rings (SSSR count). The maximum atomic E-state index is 12.0. The summed E-state index contributed by atoms with van der Waals surface area (Å²) in [7, 11) is 0. The summed E-state index contributed by atoms with van der Waals surface area (Å²) in [4.78, 5) is 23.7. The average Bonchev–Trinajstić information content (AvgIpc) is 2.39. The van der Waals surface area contributed by atoms with E-state index in [4.69, 9.17) is 4.74 Å². The summed E-state index contributed by atoms with van der Waals surface area (Å²) in [6.07, 6.45) is 9.71. The Morgan fingerprint density at radius 3 is 1.87 bits per heavy atom. The van der Waals surface area contributed by atoms with Crippen molar-refractivity contribution in [3.05, 3.63) is 0 Å². The minimum Gasteiger partial charge on any atom is -0.481 e. The summed E-state index contributed by atoms with van der Waals surface area (Å²) in [6, 6.07) is -0.346. The molecule has 0 radical (unpaired) electrons. The summed E-state index contributed by atoms with van der Waals surface area (Å²) in [5, 5.41) is 12.4. The lowest BCUT2D eigenvalue weighted by Crippen LogP contribution is -2.45. The molecule has 0 spiro atoms. The van der Waals surface area contributed by atoms with E-state index in [1.807, 2.05) is 20.8 Å². The molecule has 0 aromatic rings. The van der Waals surface area contributed by atoms with Crippen LogP contribution in [0.25, 0.3) is 0 Å². The Hall–Kier alpha value is -1.26. The molecule has 23 heavy (non-hydrogen) atoms. The predicted molar refractivity (Wildman–Crippen MR) is 90.5 cm³/mol. The normalized spacial score (nSPS) is 24.8. The van der Waals surface area contributed by atoms with Crippen LogP contribution in [0.4, 0.5) is 4.79 Å².